The van der Waals surface area contributed by atoms with Crippen molar-refractivity contribution in [2.75, 3.05) is 13.3 Å². The number of methoxy groups -OCH3 is 1. The maximum atomic E-state index is 13.2. The Hall–Kier alpha value is -0.990. The smallest absolute Gasteiger partial charge is 0.331 e. The van der Waals surface area contributed by atoms with Crippen LogP contribution in [0.3, 0.4) is 0 Å². The highest BCUT2D eigenvalue weighted by molar-refractivity contribution is 7.53. The molecule has 9 heteroatoms. The summed E-state index contributed by atoms with van der Waals surface area (Å²) in [6.07, 6.45) is -1.40. The zero-order valence-electron chi connectivity index (χ0n) is 15.9. The molecule has 0 bridgehead atoms. The summed E-state index contributed by atoms with van der Waals surface area (Å²) < 4.78 is 48.2. The van der Waals surface area contributed by atoms with Gasteiger partial charge in [0.05, 0.1) is 7.11 Å². The monoisotopic (exact) mass is 402 g/mol. The van der Waals surface area contributed by atoms with E-state index in [-0.39, 0.29) is 5.48 Å². The van der Waals surface area contributed by atoms with E-state index in [2.05, 4.69) is 0 Å². The van der Waals surface area contributed by atoms with Crippen LogP contribution in [0.4, 0.5) is 0 Å². The van der Waals surface area contributed by atoms with Gasteiger partial charge in [-0.15, -0.1) is 0 Å². The molecule has 0 radical (unpaired) electrons. The first-order valence-corrected chi connectivity index (χ1v) is 10.7. The van der Waals surface area contributed by atoms with Crippen molar-refractivity contribution in [3.05, 3.63) is 29.8 Å². The van der Waals surface area contributed by atoms with Gasteiger partial charge in [-0.1, -0.05) is 19.1 Å². The predicted octanol–water partition coefficient (Wildman–Crippen LogP) is 2.81. The Balaban J connectivity index is 0.00000210. The van der Waals surface area contributed by atoms with Crippen LogP contribution in [0.25, 0.3) is 0 Å². The van der Waals surface area contributed by atoms with Crippen molar-refractivity contribution in [3.8, 4) is 5.75 Å². The van der Waals surface area contributed by atoms with Crippen LogP contribution in [0.5, 0.6) is 5.75 Å². The van der Waals surface area contributed by atoms with E-state index >= 15 is 0 Å². The van der Waals surface area contributed by atoms with Crippen LogP contribution in [0.15, 0.2) is 24.3 Å². The first-order chi connectivity index (χ1) is 12.3. The molecular weight excluding hydrogens is 375 g/mol. The van der Waals surface area contributed by atoms with Crippen LogP contribution in [0.1, 0.15) is 38.9 Å². The summed E-state index contributed by atoms with van der Waals surface area (Å²) in [5.74, 6) is -0.0153. The molecule has 27 heavy (non-hydrogen) atoms. The third-order valence-electron chi connectivity index (χ3n) is 4.82. The summed E-state index contributed by atoms with van der Waals surface area (Å²) in [7, 11) is -1.65. The summed E-state index contributed by atoms with van der Waals surface area (Å²) in [6.45, 7) is 5.61. The fourth-order valence-electron chi connectivity index (χ4n) is 3.73. The summed E-state index contributed by atoms with van der Waals surface area (Å²) in [5.41, 5.74) is 0.861. The molecule has 4 rings (SSSR count). The van der Waals surface area contributed by atoms with E-state index in [0.29, 0.717) is 12.6 Å². The van der Waals surface area contributed by atoms with Crippen molar-refractivity contribution in [2.45, 2.75) is 63.7 Å². The lowest BCUT2D eigenvalue weighted by Gasteiger charge is -2.39. The minimum Gasteiger partial charge on any atom is -0.497 e. The molecule has 0 aromatic heterocycles. The predicted molar refractivity (Wildman–Crippen MR) is 96.8 cm³/mol. The molecule has 3 heterocycles. The summed E-state index contributed by atoms with van der Waals surface area (Å²) in [6, 6.07) is 7.48. The van der Waals surface area contributed by atoms with Crippen LogP contribution in [-0.2, 0) is 27.8 Å². The number of hydrogen-bond donors (Lipinski definition) is 0. The molecule has 3 saturated heterocycles. The maximum absolute atomic E-state index is 13.2. The van der Waals surface area contributed by atoms with Gasteiger partial charge in [0.25, 0.3) is 0 Å². The van der Waals surface area contributed by atoms with Crippen LogP contribution in [0, 0.1) is 0 Å². The highest BCUT2D eigenvalue weighted by atomic mass is 31.2. The van der Waals surface area contributed by atoms with Gasteiger partial charge in [-0.05, 0) is 38.0 Å². The van der Waals surface area contributed by atoms with E-state index in [0.717, 1.165) is 11.3 Å². The molecule has 6 atom stereocenters. The molecular formula is C18H27O8P. The van der Waals surface area contributed by atoms with Crippen molar-refractivity contribution >= 4 is 7.60 Å². The molecule has 1 aromatic carbocycles. The van der Waals surface area contributed by atoms with Gasteiger partial charge in [0.15, 0.2) is 12.1 Å². The second-order valence-electron chi connectivity index (χ2n) is 7.27. The zero-order chi connectivity index (χ0) is 18.5. The molecule has 0 unspecified atom stereocenters. The number of rotatable bonds is 4. The normalized spacial score (nSPS) is 39.3. The molecule has 0 saturated carbocycles. The quantitative estimate of drug-likeness (QED) is 0.713. The maximum Gasteiger partial charge on any atom is 0.331 e. The minimum atomic E-state index is -3.26. The number of fused-ring (bicyclic) bond motifs is 3. The van der Waals surface area contributed by atoms with Crippen molar-refractivity contribution in [1.29, 1.82) is 0 Å². The van der Waals surface area contributed by atoms with Crippen molar-refractivity contribution in [3.63, 3.8) is 0 Å². The Bertz CT molecular complexity index is 706. The third kappa shape index (κ3) is 3.80. The van der Waals surface area contributed by atoms with Crippen LogP contribution < -0.4 is 4.74 Å². The van der Waals surface area contributed by atoms with Crippen molar-refractivity contribution < 1.29 is 38.0 Å². The molecule has 3 aliphatic heterocycles. The highest BCUT2D eigenvalue weighted by Gasteiger charge is 2.62. The van der Waals surface area contributed by atoms with Gasteiger partial charge in [0, 0.05) is 6.16 Å². The van der Waals surface area contributed by atoms with Gasteiger partial charge in [0.1, 0.15) is 30.2 Å². The van der Waals surface area contributed by atoms with E-state index in [1.807, 2.05) is 45.0 Å². The Kier molecular flexibility index (Phi) is 5.72. The lowest BCUT2D eigenvalue weighted by atomic mass is 9.99. The molecule has 152 valence electrons. The van der Waals surface area contributed by atoms with E-state index in [1.54, 1.807) is 7.11 Å². The first-order valence-electron chi connectivity index (χ1n) is 8.95. The Labute approximate surface area is 158 Å². The van der Waals surface area contributed by atoms with Crippen LogP contribution >= 0.6 is 7.60 Å². The first kappa shape index (κ1) is 20.7. The molecule has 0 aliphatic carbocycles. The summed E-state index contributed by atoms with van der Waals surface area (Å²) in [4.78, 5) is 0. The molecule has 1 aromatic rings. The molecule has 0 amide bonds. The van der Waals surface area contributed by atoms with Gasteiger partial charge < -0.3 is 24.4 Å². The van der Waals surface area contributed by atoms with Crippen LogP contribution in [0.2, 0.25) is 0 Å². The largest absolute Gasteiger partial charge is 0.497 e. The topological polar surface area (TPSA) is 104 Å². The van der Waals surface area contributed by atoms with Crippen LogP contribution in [-0.4, -0.2) is 49.1 Å². The number of ether oxygens (including phenoxy) is 4. The second kappa shape index (κ2) is 7.44. The van der Waals surface area contributed by atoms with Gasteiger partial charge in [-0.25, -0.2) is 0 Å². The molecule has 8 nitrogen and oxygen atoms in total. The van der Waals surface area contributed by atoms with E-state index in [9.17, 15) is 4.57 Å². The van der Waals surface area contributed by atoms with E-state index in [1.165, 1.54) is 0 Å². The number of hydrogen-bond acceptors (Lipinski definition) is 7. The average molecular weight is 402 g/mol. The minimum absolute atomic E-state index is 0. The second-order valence-corrected chi connectivity index (χ2v) is 9.36. The Morgan fingerprint density at radius 3 is 2.41 bits per heavy atom. The number of benzene rings is 1. The lowest BCUT2D eigenvalue weighted by Crippen LogP contribution is -2.43. The van der Waals surface area contributed by atoms with E-state index < -0.39 is 44.1 Å². The standard InChI is InChI=1S/C18H25O7P.H2O/c1-5-10-26(19)24-13(11-6-8-12(20-4)9-7-11)14-15(25-26)16-17(21-14)23-18(2,3)22-16;/h6-9,13-17H,5,10H2,1-4H3;1H2/t13-,14+,15-,16+,17+,26+;/m0./s1. The fourth-order valence-corrected chi connectivity index (χ4v) is 5.74. The third-order valence-corrected chi connectivity index (χ3v) is 6.93. The Morgan fingerprint density at radius 1 is 1.07 bits per heavy atom. The van der Waals surface area contributed by atoms with Crippen molar-refractivity contribution in [1.82, 2.24) is 0 Å². The van der Waals surface area contributed by atoms with Gasteiger partial charge in [0.2, 0.25) is 0 Å². The van der Waals surface area contributed by atoms with Crippen molar-refractivity contribution in [2.24, 2.45) is 0 Å². The highest BCUT2D eigenvalue weighted by Crippen LogP contribution is 2.62. The molecule has 2 N–H and O–H groups in total. The average Bonchev–Trinajstić information content (AvgIpc) is 3.06. The van der Waals surface area contributed by atoms with E-state index in [4.69, 9.17) is 28.0 Å². The summed E-state index contributed by atoms with van der Waals surface area (Å²) >= 11 is 0. The molecule has 3 aliphatic rings. The van der Waals surface area contributed by atoms with Gasteiger partial charge in [-0.2, -0.15) is 0 Å². The molecule has 0 spiro atoms. The lowest BCUT2D eigenvalue weighted by molar-refractivity contribution is -0.229. The SMILES string of the molecule is CCC[P@]1(=O)O[C@@H]2[C@H]3OC(C)(C)O[C@H]3O[C@@H]2[C@H](c2ccc(OC)cc2)O1.O. The molecule has 3 fully saturated rings. The zero-order valence-corrected chi connectivity index (χ0v) is 16.8. The Morgan fingerprint density at radius 2 is 1.78 bits per heavy atom. The fraction of sp³-hybridized carbons (Fsp3) is 0.667. The van der Waals surface area contributed by atoms with Gasteiger partial charge in [-0.3, -0.25) is 13.6 Å². The van der Waals surface area contributed by atoms with Gasteiger partial charge >= 0.3 is 7.60 Å². The summed E-state index contributed by atoms with van der Waals surface area (Å²) in [5, 5.41) is 0.